The maximum atomic E-state index is 12.6. The summed E-state index contributed by atoms with van der Waals surface area (Å²) in [7, 11) is 2.13. The molecule has 2 heterocycles. The number of hydrogen-bond donors (Lipinski definition) is 1. The number of rotatable bonds is 3. The number of amides is 1. The molecular formula is C19H24N4O. The van der Waals surface area contributed by atoms with E-state index in [9.17, 15) is 4.79 Å². The van der Waals surface area contributed by atoms with Crippen LogP contribution >= 0.6 is 0 Å². The minimum atomic E-state index is -0.118. The lowest BCUT2D eigenvalue weighted by Gasteiger charge is -2.33. The molecule has 0 bridgehead atoms. The molecule has 0 aliphatic carbocycles. The normalized spacial score (nSPS) is 15.4. The third-order valence-corrected chi connectivity index (χ3v) is 4.71. The highest BCUT2D eigenvalue weighted by atomic mass is 16.1. The molecule has 1 aliphatic heterocycles. The van der Waals surface area contributed by atoms with Crippen LogP contribution in [0.15, 0.2) is 36.7 Å². The van der Waals surface area contributed by atoms with Crippen molar-refractivity contribution in [2.45, 2.75) is 13.8 Å². The first-order valence-electron chi connectivity index (χ1n) is 8.30. The fourth-order valence-corrected chi connectivity index (χ4v) is 2.87. The van der Waals surface area contributed by atoms with Crippen LogP contribution in [0.1, 0.15) is 21.5 Å². The van der Waals surface area contributed by atoms with Crippen molar-refractivity contribution in [3.05, 3.63) is 53.3 Å². The van der Waals surface area contributed by atoms with Gasteiger partial charge in [0.05, 0.1) is 17.4 Å². The molecule has 24 heavy (non-hydrogen) atoms. The monoisotopic (exact) mass is 324 g/mol. The van der Waals surface area contributed by atoms with Gasteiger partial charge in [0.1, 0.15) is 0 Å². The number of aryl methyl sites for hydroxylation is 1. The fourth-order valence-electron chi connectivity index (χ4n) is 2.87. The zero-order chi connectivity index (χ0) is 17.1. The maximum Gasteiger partial charge on any atom is 0.257 e. The number of carbonyl (C=O) groups excluding carboxylic acids is 1. The Morgan fingerprint density at radius 2 is 1.88 bits per heavy atom. The van der Waals surface area contributed by atoms with Crippen molar-refractivity contribution in [1.82, 2.24) is 9.88 Å². The summed E-state index contributed by atoms with van der Waals surface area (Å²) in [6, 6.07) is 7.86. The predicted octanol–water partition coefficient (Wildman–Crippen LogP) is 2.70. The van der Waals surface area contributed by atoms with Gasteiger partial charge in [0, 0.05) is 38.1 Å². The van der Waals surface area contributed by atoms with Crippen LogP contribution in [-0.2, 0) is 0 Å². The highest BCUT2D eigenvalue weighted by Crippen LogP contribution is 2.20. The molecule has 1 amide bonds. The van der Waals surface area contributed by atoms with E-state index in [0.29, 0.717) is 5.56 Å². The molecule has 0 saturated carbocycles. The predicted molar refractivity (Wildman–Crippen MR) is 97.8 cm³/mol. The van der Waals surface area contributed by atoms with E-state index in [0.717, 1.165) is 48.7 Å². The Morgan fingerprint density at radius 1 is 1.12 bits per heavy atom. The summed E-state index contributed by atoms with van der Waals surface area (Å²) in [5, 5.41) is 3.00. The van der Waals surface area contributed by atoms with Gasteiger partial charge < -0.3 is 15.1 Å². The lowest BCUT2D eigenvalue weighted by Crippen LogP contribution is -2.44. The Morgan fingerprint density at radius 3 is 2.62 bits per heavy atom. The van der Waals surface area contributed by atoms with Crippen molar-refractivity contribution in [2.75, 3.05) is 43.4 Å². The van der Waals surface area contributed by atoms with E-state index in [1.807, 2.05) is 44.3 Å². The third-order valence-electron chi connectivity index (χ3n) is 4.71. The van der Waals surface area contributed by atoms with Crippen LogP contribution in [0.4, 0.5) is 11.4 Å². The number of carbonyl (C=O) groups is 1. The largest absolute Gasteiger partial charge is 0.368 e. The van der Waals surface area contributed by atoms with Crippen LogP contribution in [0.25, 0.3) is 0 Å². The Bertz CT molecular complexity index is 736. The Labute approximate surface area is 143 Å². The molecule has 2 aromatic rings. The molecule has 1 aromatic carbocycles. The van der Waals surface area contributed by atoms with Gasteiger partial charge >= 0.3 is 0 Å². The number of likely N-dealkylation sites (N-methyl/N-ethyl adjacent to an activating group) is 1. The van der Waals surface area contributed by atoms with Gasteiger partial charge in [-0.15, -0.1) is 0 Å². The molecule has 1 fully saturated rings. The smallest absolute Gasteiger partial charge is 0.257 e. The molecule has 0 unspecified atom stereocenters. The molecule has 1 aromatic heterocycles. The Kier molecular flexibility index (Phi) is 4.81. The number of piperazine rings is 1. The van der Waals surface area contributed by atoms with Gasteiger partial charge in [-0.25, -0.2) is 0 Å². The van der Waals surface area contributed by atoms with Gasteiger partial charge in [0.2, 0.25) is 0 Å². The zero-order valence-corrected chi connectivity index (χ0v) is 14.5. The van der Waals surface area contributed by atoms with Crippen LogP contribution < -0.4 is 10.2 Å². The van der Waals surface area contributed by atoms with Gasteiger partial charge in [0.25, 0.3) is 5.91 Å². The zero-order valence-electron chi connectivity index (χ0n) is 14.5. The molecule has 5 heteroatoms. The van der Waals surface area contributed by atoms with Gasteiger partial charge in [-0.1, -0.05) is 12.1 Å². The van der Waals surface area contributed by atoms with Crippen molar-refractivity contribution in [3.8, 4) is 0 Å². The quantitative estimate of drug-likeness (QED) is 0.943. The highest BCUT2D eigenvalue weighted by Gasteiger charge is 2.16. The van der Waals surface area contributed by atoms with Crippen molar-refractivity contribution in [2.24, 2.45) is 0 Å². The van der Waals surface area contributed by atoms with E-state index in [1.165, 1.54) is 0 Å². The molecule has 3 rings (SSSR count). The Balaban J connectivity index is 1.76. The summed E-state index contributed by atoms with van der Waals surface area (Å²) in [5.74, 6) is -0.118. The van der Waals surface area contributed by atoms with E-state index in [1.54, 1.807) is 6.20 Å². The first kappa shape index (κ1) is 16.5. The average Bonchev–Trinajstić information content (AvgIpc) is 2.60. The summed E-state index contributed by atoms with van der Waals surface area (Å²) in [6.45, 7) is 8.03. The fraction of sp³-hybridized carbons (Fsp3) is 0.368. The first-order chi connectivity index (χ1) is 11.5. The van der Waals surface area contributed by atoms with Crippen LogP contribution in [0.5, 0.6) is 0 Å². The first-order valence-corrected chi connectivity index (χ1v) is 8.30. The molecule has 0 spiro atoms. The minimum Gasteiger partial charge on any atom is -0.368 e. The van der Waals surface area contributed by atoms with E-state index >= 15 is 0 Å². The van der Waals surface area contributed by atoms with E-state index < -0.39 is 0 Å². The van der Waals surface area contributed by atoms with E-state index in [2.05, 4.69) is 27.1 Å². The number of anilines is 2. The van der Waals surface area contributed by atoms with Crippen molar-refractivity contribution in [3.63, 3.8) is 0 Å². The van der Waals surface area contributed by atoms with Crippen molar-refractivity contribution >= 4 is 17.3 Å². The molecule has 126 valence electrons. The molecule has 5 nitrogen and oxygen atoms in total. The van der Waals surface area contributed by atoms with E-state index in [-0.39, 0.29) is 5.91 Å². The van der Waals surface area contributed by atoms with Crippen LogP contribution in [-0.4, -0.2) is 49.0 Å². The second kappa shape index (κ2) is 7.01. The topological polar surface area (TPSA) is 48.5 Å². The van der Waals surface area contributed by atoms with Gasteiger partial charge in [-0.2, -0.15) is 0 Å². The average molecular weight is 324 g/mol. The van der Waals surface area contributed by atoms with Crippen molar-refractivity contribution in [1.29, 1.82) is 0 Å². The molecule has 0 atom stereocenters. The number of hydrogen-bond acceptors (Lipinski definition) is 4. The molecule has 1 aliphatic rings. The number of pyridine rings is 1. The van der Waals surface area contributed by atoms with E-state index in [4.69, 9.17) is 0 Å². The van der Waals surface area contributed by atoms with Gasteiger partial charge in [-0.3, -0.25) is 9.78 Å². The molecular weight excluding hydrogens is 300 g/mol. The summed E-state index contributed by atoms with van der Waals surface area (Å²) < 4.78 is 0. The SMILES string of the molecule is Cc1cccc(NC(=O)c2cncc(N3CCN(C)CC3)c2)c1C. The van der Waals surface area contributed by atoms with Gasteiger partial charge in [0.15, 0.2) is 0 Å². The summed E-state index contributed by atoms with van der Waals surface area (Å²) in [4.78, 5) is 21.4. The van der Waals surface area contributed by atoms with Gasteiger partial charge in [-0.05, 0) is 44.2 Å². The number of nitrogens with one attached hydrogen (secondary N) is 1. The minimum absolute atomic E-state index is 0.118. The van der Waals surface area contributed by atoms with Crippen LogP contribution in [0, 0.1) is 13.8 Å². The second-order valence-corrected chi connectivity index (χ2v) is 6.42. The lowest BCUT2D eigenvalue weighted by atomic mass is 10.1. The third kappa shape index (κ3) is 3.57. The number of benzene rings is 1. The Hall–Kier alpha value is -2.40. The summed E-state index contributed by atoms with van der Waals surface area (Å²) in [6.07, 6.45) is 3.46. The molecule has 1 saturated heterocycles. The summed E-state index contributed by atoms with van der Waals surface area (Å²) in [5.41, 5.74) is 4.71. The highest BCUT2D eigenvalue weighted by molar-refractivity contribution is 6.05. The number of aromatic nitrogens is 1. The van der Waals surface area contributed by atoms with Crippen LogP contribution in [0.2, 0.25) is 0 Å². The maximum absolute atomic E-state index is 12.6. The number of nitrogens with zero attached hydrogens (tertiary/aromatic N) is 3. The lowest BCUT2D eigenvalue weighted by molar-refractivity contribution is 0.102. The molecule has 0 radical (unpaired) electrons. The van der Waals surface area contributed by atoms with Crippen molar-refractivity contribution < 1.29 is 4.79 Å². The summed E-state index contributed by atoms with van der Waals surface area (Å²) >= 11 is 0. The standard InChI is InChI=1S/C19H24N4O/c1-14-5-4-6-18(15(14)2)21-19(24)16-11-17(13-20-12-16)23-9-7-22(3)8-10-23/h4-6,11-13H,7-10H2,1-3H3,(H,21,24). The molecule has 1 N–H and O–H groups in total. The van der Waals surface area contributed by atoms with Crippen LogP contribution in [0.3, 0.4) is 0 Å². The second-order valence-electron chi connectivity index (χ2n) is 6.42.